The minimum Gasteiger partial charge on any atom is -0.363 e. The van der Waals surface area contributed by atoms with Crippen LogP contribution in [0.5, 0.6) is 0 Å². The van der Waals surface area contributed by atoms with Crippen molar-refractivity contribution >= 4 is 33.0 Å². The van der Waals surface area contributed by atoms with Crippen molar-refractivity contribution < 1.29 is 22.9 Å². The van der Waals surface area contributed by atoms with Gasteiger partial charge in [-0.05, 0) is 25.0 Å². The van der Waals surface area contributed by atoms with Gasteiger partial charge in [0.2, 0.25) is 11.8 Å². The lowest BCUT2D eigenvalue weighted by molar-refractivity contribution is -0.384. The third-order valence-electron chi connectivity index (χ3n) is 5.74. The topological polar surface area (TPSA) is 121 Å². The van der Waals surface area contributed by atoms with E-state index in [0.717, 1.165) is 25.2 Å². The van der Waals surface area contributed by atoms with Crippen LogP contribution in [0.15, 0.2) is 23.1 Å². The Labute approximate surface area is 168 Å². The Morgan fingerprint density at radius 2 is 1.76 bits per heavy atom. The van der Waals surface area contributed by atoms with Crippen LogP contribution in [0.3, 0.4) is 0 Å². The van der Waals surface area contributed by atoms with Gasteiger partial charge in [0, 0.05) is 44.5 Å². The van der Waals surface area contributed by atoms with Crippen molar-refractivity contribution in [3.63, 3.8) is 0 Å². The zero-order chi connectivity index (χ0) is 20.9. The fourth-order valence-electron chi connectivity index (χ4n) is 4.06. The molecule has 2 saturated heterocycles. The highest BCUT2D eigenvalue weighted by molar-refractivity contribution is 7.90. The van der Waals surface area contributed by atoms with Crippen molar-refractivity contribution in [1.29, 1.82) is 0 Å². The second-order valence-corrected chi connectivity index (χ2v) is 9.77. The number of likely N-dealkylation sites (tertiary alicyclic amines) is 1. The minimum atomic E-state index is -3.55. The van der Waals surface area contributed by atoms with Gasteiger partial charge in [0.25, 0.3) is 5.69 Å². The van der Waals surface area contributed by atoms with E-state index in [0.29, 0.717) is 31.9 Å². The number of carbonyl (C=O) groups excluding carboxylic acids is 2. The Morgan fingerprint density at radius 3 is 2.31 bits per heavy atom. The molecular formula is C18H22N4O6S. The Balaban J connectivity index is 1.48. The standard InChI is InChI=1S/C18H22N4O6S/c1-29(27,28)13-4-5-14(15(10-13)22(25)26)19-6-8-20(9-7-19)16-11-17(23)21(18(16)24)12-2-3-12/h4-5,10,12,16H,2-3,6-9,11H2,1H3/t16-/m0/s1. The van der Waals surface area contributed by atoms with E-state index in [1.54, 1.807) is 0 Å². The van der Waals surface area contributed by atoms with E-state index in [-0.39, 0.29) is 34.9 Å². The number of amides is 2. The van der Waals surface area contributed by atoms with Crippen LogP contribution < -0.4 is 4.90 Å². The van der Waals surface area contributed by atoms with Crippen LogP contribution in [0.4, 0.5) is 11.4 Å². The molecule has 1 aromatic rings. The molecule has 0 N–H and O–H groups in total. The first kappa shape index (κ1) is 19.8. The average molecular weight is 422 g/mol. The lowest BCUT2D eigenvalue weighted by Crippen LogP contribution is -2.52. The third kappa shape index (κ3) is 3.71. The fourth-order valence-corrected chi connectivity index (χ4v) is 4.70. The Morgan fingerprint density at radius 1 is 1.10 bits per heavy atom. The maximum atomic E-state index is 12.6. The normalized spacial score (nSPS) is 23.7. The van der Waals surface area contributed by atoms with Gasteiger partial charge >= 0.3 is 0 Å². The van der Waals surface area contributed by atoms with Crippen LogP contribution in [-0.2, 0) is 19.4 Å². The van der Waals surface area contributed by atoms with Crippen LogP contribution in [-0.4, -0.2) is 79.5 Å². The number of hydrogen-bond acceptors (Lipinski definition) is 8. The number of sulfone groups is 1. The number of rotatable bonds is 5. The van der Waals surface area contributed by atoms with E-state index < -0.39 is 20.8 Å². The van der Waals surface area contributed by atoms with Crippen LogP contribution in [0.25, 0.3) is 0 Å². The van der Waals surface area contributed by atoms with Gasteiger partial charge in [-0.1, -0.05) is 0 Å². The molecule has 3 aliphatic rings. The summed E-state index contributed by atoms with van der Waals surface area (Å²) in [4.78, 5) is 40.8. The Hall–Kier alpha value is -2.53. The van der Waals surface area contributed by atoms with Crippen molar-refractivity contribution in [2.45, 2.75) is 36.2 Å². The van der Waals surface area contributed by atoms with E-state index in [4.69, 9.17) is 0 Å². The van der Waals surface area contributed by atoms with Crippen LogP contribution in [0.2, 0.25) is 0 Å². The highest BCUT2D eigenvalue weighted by Gasteiger charge is 2.48. The van der Waals surface area contributed by atoms with Crippen LogP contribution in [0, 0.1) is 10.1 Å². The molecule has 10 nitrogen and oxygen atoms in total. The van der Waals surface area contributed by atoms with Crippen molar-refractivity contribution in [3.8, 4) is 0 Å². The number of anilines is 1. The number of nitro benzene ring substituents is 1. The highest BCUT2D eigenvalue weighted by atomic mass is 32.2. The summed E-state index contributed by atoms with van der Waals surface area (Å²) in [5, 5.41) is 11.5. The van der Waals surface area contributed by atoms with Gasteiger partial charge in [0.15, 0.2) is 9.84 Å². The molecule has 1 aliphatic carbocycles. The highest BCUT2D eigenvalue weighted by Crippen LogP contribution is 2.34. The lowest BCUT2D eigenvalue weighted by Gasteiger charge is -2.37. The lowest BCUT2D eigenvalue weighted by atomic mass is 10.1. The molecular weight excluding hydrogens is 400 g/mol. The second kappa shape index (κ2) is 7.06. The number of hydrogen-bond donors (Lipinski definition) is 0. The monoisotopic (exact) mass is 422 g/mol. The molecule has 0 spiro atoms. The maximum absolute atomic E-state index is 12.6. The molecule has 0 aromatic heterocycles. The van der Waals surface area contributed by atoms with Gasteiger partial charge < -0.3 is 4.90 Å². The summed E-state index contributed by atoms with van der Waals surface area (Å²) in [7, 11) is -3.55. The van der Waals surface area contributed by atoms with Gasteiger partial charge in [-0.25, -0.2) is 8.42 Å². The minimum absolute atomic E-state index is 0.0669. The van der Waals surface area contributed by atoms with Gasteiger partial charge in [-0.3, -0.25) is 29.5 Å². The second-order valence-electron chi connectivity index (χ2n) is 7.76. The third-order valence-corrected chi connectivity index (χ3v) is 6.85. The predicted octanol–water partition coefficient (Wildman–Crippen LogP) is 0.410. The van der Waals surface area contributed by atoms with Crippen molar-refractivity contribution in [2.24, 2.45) is 0 Å². The molecule has 0 bridgehead atoms. The first-order valence-electron chi connectivity index (χ1n) is 9.50. The molecule has 2 aliphatic heterocycles. The molecule has 1 atom stereocenters. The van der Waals surface area contributed by atoms with E-state index in [9.17, 15) is 28.1 Å². The van der Waals surface area contributed by atoms with E-state index >= 15 is 0 Å². The fraction of sp³-hybridized carbons (Fsp3) is 0.556. The van der Waals surface area contributed by atoms with E-state index in [2.05, 4.69) is 0 Å². The van der Waals surface area contributed by atoms with Crippen molar-refractivity contribution in [2.75, 3.05) is 37.3 Å². The summed E-state index contributed by atoms with van der Waals surface area (Å²) in [6.45, 7) is 1.88. The molecule has 3 fully saturated rings. The summed E-state index contributed by atoms with van der Waals surface area (Å²) < 4.78 is 23.4. The molecule has 0 unspecified atom stereocenters. The first-order chi connectivity index (χ1) is 13.7. The van der Waals surface area contributed by atoms with Crippen LogP contribution in [0.1, 0.15) is 19.3 Å². The molecule has 156 valence electrons. The quantitative estimate of drug-likeness (QED) is 0.380. The predicted molar refractivity (Wildman–Crippen MR) is 103 cm³/mol. The first-order valence-corrected chi connectivity index (χ1v) is 11.4. The summed E-state index contributed by atoms with van der Waals surface area (Å²) in [6.07, 6.45) is 2.96. The number of nitro groups is 1. The van der Waals surface area contributed by atoms with Gasteiger partial charge in [0.1, 0.15) is 5.69 Å². The van der Waals surface area contributed by atoms with E-state index in [1.807, 2.05) is 9.80 Å². The van der Waals surface area contributed by atoms with E-state index in [1.165, 1.54) is 17.0 Å². The van der Waals surface area contributed by atoms with Gasteiger partial charge in [-0.15, -0.1) is 0 Å². The molecule has 2 amide bonds. The zero-order valence-corrected chi connectivity index (χ0v) is 16.8. The smallest absolute Gasteiger partial charge is 0.293 e. The molecule has 1 aromatic carbocycles. The Kier molecular flexibility index (Phi) is 4.82. The Bertz CT molecular complexity index is 982. The van der Waals surface area contributed by atoms with Crippen molar-refractivity contribution in [3.05, 3.63) is 28.3 Å². The molecule has 29 heavy (non-hydrogen) atoms. The number of benzene rings is 1. The summed E-state index contributed by atoms with van der Waals surface area (Å²) in [5.74, 6) is -0.244. The molecule has 2 heterocycles. The summed E-state index contributed by atoms with van der Waals surface area (Å²) >= 11 is 0. The van der Waals surface area contributed by atoms with Gasteiger partial charge in [-0.2, -0.15) is 0 Å². The molecule has 11 heteroatoms. The number of carbonyl (C=O) groups is 2. The van der Waals surface area contributed by atoms with Gasteiger partial charge in [0.05, 0.1) is 22.3 Å². The number of imide groups is 1. The zero-order valence-electron chi connectivity index (χ0n) is 16.0. The number of piperazine rings is 1. The van der Waals surface area contributed by atoms with Crippen LogP contribution >= 0.6 is 0 Å². The SMILES string of the molecule is CS(=O)(=O)c1ccc(N2CCN([C@H]3CC(=O)N(C4CC4)C3=O)CC2)c([N+](=O)[O-])c1. The molecule has 0 radical (unpaired) electrons. The maximum Gasteiger partial charge on any atom is 0.293 e. The average Bonchev–Trinajstić information content (AvgIpc) is 3.45. The molecule has 4 rings (SSSR count). The number of nitrogens with zero attached hydrogens (tertiary/aromatic N) is 4. The summed E-state index contributed by atoms with van der Waals surface area (Å²) in [5.41, 5.74) is 0.101. The summed E-state index contributed by atoms with van der Waals surface area (Å²) in [6, 6.07) is 3.54. The van der Waals surface area contributed by atoms with Crippen molar-refractivity contribution in [1.82, 2.24) is 9.80 Å². The molecule has 1 saturated carbocycles. The largest absolute Gasteiger partial charge is 0.363 e.